The van der Waals surface area contributed by atoms with E-state index in [0.29, 0.717) is 51.5 Å². The average Bonchev–Trinajstić information content (AvgIpc) is 3.09. The van der Waals surface area contributed by atoms with Gasteiger partial charge < -0.3 is 41.9 Å². The number of urea groups is 1. The fourth-order valence-corrected chi connectivity index (χ4v) is 4.46. The molecule has 8 N–H and O–H groups in total. The lowest BCUT2D eigenvalue weighted by Gasteiger charge is -2.25. The van der Waals surface area contributed by atoms with Crippen molar-refractivity contribution in [2.75, 3.05) is 52.5 Å². The van der Waals surface area contributed by atoms with Gasteiger partial charge in [0.25, 0.3) is 0 Å². The molecule has 1 aliphatic rings. The monoisotopic (exact) mass is 650 g/mol. The summed E-state index contributed by atoms with van der Waals surface area (Å²) in [5, 5.41) is 40.2. The molecule has 2 atom stereocenters. The topological polar surface area (TPSA) is 260 Å². The number of carboxylic acid groups (broad SMARTS) is 3. The molecule has 254 valence electrons. The molecule has 1 fully saturated rings. The fourth-order valence-electron chi connectivity index (χ4n) is 4.46. The van der Waals surface area contributed by atoms with Gasteiger partial charge in [-0.25, -0.2) is 19.4 Å². The second-order valence-corrected chi connectivity index (χ2v) is 10.6. The average molecular weight is 651 g/mol. The molecule has 0 bridgehead atoms. The first-order valence-electron chi connectivity index (χ1n) is 14.7. The molecule has 2 rings (SSSR count). The zero-order valence-electron chi connectivity index (χ0n) is 25.6. The summed E-state index contributed by atoms with van der Waals surface area (Å²) in [5.74, 6) is -5.08. The minimum Gasteiger partial charge on any atom is -0.481 e. The molecule has 1 aromatic rings. The van der Waals surface area contributed by atoms with Crippen LogP contribution in [-0.2, 0) is 30.5 Å². The first-order valence-corrected chi connectivity index (χ1v) is 14.7. The summed E-state index contributed by atoms with van der Waals surface area (Å²) < 4.78 is 0. The van der Waals surface area contributed by atoms with Crippen LogP contribution in [0.1, 0.15) is 48.8 Å². The van der Waals surface area contributed by atoms with Crippen molar-refractivity contribution >= 4 is 41.5 Å². The number of hydrogen-bond acceptors (Lipinski definition) is 11. The third-order valence-electron chi connectivity index (χ3n) is 7.00. The number of carbonyl (C=O) groups excluding carboxylic acids is 4. The van der Waals surface area contributed by atoms with Gasteiger partial charge in [0.2, 0.25) is 11.8 Å². The van der Waals surface area contributed by atoms with Gasteiger partial charge in [-0.15, -0.1) is 0 Å². The predicted octanol–water partition coefficient (Wildman–Crippen LogP) is -1.97. The Labute approximate surface area is 265 Å². The van der Waals surface area contributed by atoms with Crippen molar-refractivity contribution in [3.05, 3.63) is 29.6 Å². The quantitative estimate of drug-likeness (QED) is 0.0851. The second-order valence-electron chi connectivity index (χ2n) is 10.6. The maximum absolute atomic E-state index is 12.6. The van der Waals surface area contributed by atoms with E-state index < -0.39 is 47.7 Å². The first kappa shape index (κ1) is 37.5. The number of amides is 4. The number of aromatic nitrogens is 1. The maximum Gasteiger partial charge on any atom is 0.354 e. The highest BCUT2D eigenvalue weighted by Crippen LogP contribution is 2.06. The Balaban J connectivity index is 1.75. The second kappa shape index (κ2) is 19.7. The minimum absolute atomic E-state index is 0.0263. The Morgan fingerprint density at radius 2 is 1.48 bits per heavy atom. The molecular formula is C28H42N8O10. The van der Waals surface area contributed by atoms with Crippen LogP contribution in [0.2, 0.25) is 0 Å². The SMILES string of the molecule is CC(=O)[C@H](CCC(=O)O)NC(=O)N[C@@H](CCC(=O)NCNC(=O)CN1CCNCCN(Cc2cccc(C(=O)O)n2)CC1)C(=O)O. The lowest BCUT2D eigenvalue weighted by Crippen LogP contribution is -2.51. The van der Waals surface area contributed by atoms with Crippen molar-refractivity contribution in [3.8, 4) is 0 Å². The lowest BCUT2D eigenvalue weighted by atomic mass is 10.1. The molecular weight excluding hydrogens is 608 g/mol. The number of nitrogens with zero attached hydrogens (tertiary/aromatic N) is 3. The number of hydrogen-bond donors (Lipinski definition) is 8. The van der Waals surface area contributed by atoms with Crippen LogP contribution in [0.5, 0.6) is 0 Å². The molecule has 46 heavy (non-hydrogen) atoms. The molecule has 18 nitrogen and oxygen atoms in total. The third kappa shape index (κ3) is 14.9. The summed E-state index contributed by atoms with van der Waals surface area (Å²) in [5.41, 5.74) is 0.601. The van der Waals surface area contributed by atoms with E-state index in [1.165, 1.54) is 6.07 Å². The van der Waals surface area contributed by atoms with Crippen molar-refractivity contribution in [1.29, 1.82) is 0 Å². The van der Waals surface area contributed by atoms with E-state index in [0.717, 1.165) is 6.92 Å². The van der Waals surface area contributed by atoms with Crippen LogP contribution in [-0.4, -0.2) is 136 Å². The number of carbonyl (C=O) groups is 7. The Morgan fingerprint density at radius 3 is 2.13 bits per heavy atom. The number of ketones is 1. The van der Waals surface area contributed by atoms with Crippen LogP contribution in [0.3, 0.4) is 0 Å². The summed E-state index contributed by atoms with van der Waals surface area (Å²) in [6, 6.07) is 1.27. The molecule has 0 spiro atoms. The smallest absolute Gasteiger partial charge is 0.354 e. The standard InChI is InChI=1S/C28H42N8O10/c1-18(37)20(6-8-25(40)41)33-28(46)34-22(27(44)45)5-7-23(38)30-17-31-24(39)16-36-12-10-29-9-11-35(13-14-36)15-19-3-2-4-21(32-19)26(42)43/h2-4,20,22,29H,5-17H2,1H3,(H,30,38)(H,31,39)(H,40,41)(H,42,43)(H,44,45)(H2,33,34,46)/t20-,22-/m0/s1. The predicted molar refractivity (Wildman–Crippen MR) is 161 cm³/mol. The number of rotatable bonds is 17. The van der Waals surface area contributed by atoms with Gasteiger partial charge in [-0.05, 0) is 31.9 Å². The van der Waals surface area contributed by atoms with Gasteiger partial charge in [0.05, 0.1) is 24.9 Å². The van der Waals surface area contributed by atoms with Crippen molar-refractivity contribution in [1.82, 2.24) is 41.4 Å². The van der Waals surface area contributed by atoms with Crippen molar-refractivity contribution in [3.63, 3.8) is 0 Å². The number of aromatic carboxylic acids is 1. The highest BCUT2D eigenvalue weighted by atomic mass is 16.4. The van der Waals surface area contributed by atoms with Crippen molar-refractivity contribution in [2.24, 2.45) is 0 Å². The van der Waals surface area contributed by atoms with Crippen LogP contribution in [0.4, 0.5) is 4.79 Å². The zero-order chi connectivity index (χ0) is 34.1. The number of nitrogens with one attached hydrogen (secondary N) is 5. The molecule has 18 heteroatoms. The van der Waals surface area contributed by atoms with Gasteiger partial charge in [0.1, 0.15) is 11.7 Å². The van der Waals surface area contributed by atoms with Crippen molar-refractivity contribution < 1.29 is 48.9 Å². The van der Waals surface area contributed by atoms with Gasteiger partial charge >= 0.3 is 23.9 Å². The van der Waals surface area contributed by atoms with Gasteiger partial charge in [0, 0.05) is 58.7 Å². The number of pyridine rings is 1. The van der Waals surface area contributed by atoms with Crippen LogP contribution in [0.15, 0.2) is 18.2 Å². The summed E-state index contributed by atoms with van der Waals surface area (Å²) in [4.78, 5) is 90.5. The van der Waals surface area contributed by atoms with Gasteiger partial charge in [-0.1, -0.05) is 6.07 Å². The Morgan fingerprint density at radius 1 is 0.848 bits per heavy atom. The van der Waals surface area contributed by atoms with E-state index >= 15 is 0 Å². The van der Waals surface area contributed by atoms with Gasteiger partial charge in [0.15, 0.2) is 5.78 Å². The normalized spacial score (nSPS) is 15.6. The van der Waals surface area contributed by atoms with Crippen LogP contribution >= 0.6 is 0 Å². The highest BCUT2D eigenvalue weighted by Gasteiger charge is 2.24. The van der Waals surface area contributed by atoms with Crippen LogP contribution in [0, 0.1) is 0 Å². The third-order valence-corrected chi connectivity index (χ3v) is 7.00. The molecule has 0 radical (unpaired) electrons. The Kier molecular flexibility index (Phi) is 16.0. The van der Waals surface area contributed by atoms with Crippen molar-refractivity contribution in [2.45, 2.75) is 51.2 Å². The van der Waals surface area contributed by atoms with Gasteiger partial charge in [-0.3, -0.25) is 29.0 Å². The summed E-state index contributed by atoms with van der Waals surface area (Å²) in [7, 11) is 0. The lowest BCUT2D eigenvalue weighted by molar-refractivity contribution is -0.139. The Bertz CT molecular complexity index is 1250. The number of carboxylic acids is 3. The summed E-state index contributed by atoms with van der Waals surface area (Å²) in [6.45, 7) is 5.32. The molecule has 2 heterocycles. The first-order chi connectivity index (χ1) is 21.8. The van der Waals surface area contributed by atoms with E-state index in [9.17, 15) is 43.8 Å². The molecule has 0 aromatic carbocycles. The van der Waals surface area contributed by atoms with E-state index in [1.807, 2.05) is 4.90 Å². The minimum atomic E-state index is -1.46. The maximum atomic E-state index is 12.6. The van der Waals surface area contributed by atoms with Gasteiger partial charge in [-0.2, -0.15) is 0 Å². The van der Waals surface area contributed by atoms with E-state index in [1.54, 1.807) is 12.1 Å². The van der Waals surface area contributed by atoms with E-state index in [2.05, 4.69) is 36.5 Å². The molecule has 0 unspecified atom stereocenters. The fraction of sp³-hybridized carbons (Fsp3) is 0.571. The molecule has 0 saturated carbocycles. The Hall–Kier alpha value is -4.68. The molecule has 0 aliphatic carbocycles. The number of Topliss-reactive ketones (excluding diaryl/α,β-unsaturated/α-hetero) is 1. The highest BCUT2D eigenvalue weighted by molar-refractivity contribution is 5.89. The van der Waals surface area contributed by atoms with E-state index in [-0.39, 0.29) is 50.5 Å². The van der Waals surface area contributed by atoms with Crippen LogP contribution < -0.4 is 26.6 Å². The van der Waals surface area contributed by atoms with Crippen LogP contribution in [0.25, 0.3) is 0 Å². The molecule has 1 aliphatic heterocycles. The van der Waals surface area contributed by atoms with E-state index in [4.69, 9.17) is 5.11 Å². The molecule has 1 aromatic heterocycles. The zero-order valence-corrected chi connectivity index (χ0v) is 25.6. The molecule has 4 amide bonds. The largest absolute Gasteiger partial charge is 0.481 e. The number of aliphatic carboxylic acids is 2. The summed E-state index contributed by atoms with van der Waals surface area (Å²) in [6.07, 6.45) is -1.11. The molecule has 1 saturated heterocycles. The summed E-state index contributed by atoms with van der Waals surface area (Å²) >= 11 is 0.